The molecule has 0 saturated heterocycles. The predicted molar refractivity (Wildman–Crippen MR) is 88.4 cm³/mol. The Bertz CT molecular complexity index is 635. The van der Waals surface area contributed by atoms with E-state index in [4.69, 9.17) is 11.0 Å². The molecule has 4 nitrogen and oxygen atoms in total. The Morgan fingerprint density at radius 1 is 1.09 bits per heavy atom. The van der Waals surface area contributed by atoms with Gasteiger partial charge in [0, 0.05) is 6.54 Å². The maximum absolute atomic E-state index is 12.0. The Morgan fingerprint density at radius 2 is 1.73 bits per heavy atom. The minimum absolute atomic E-state index is 0. The van der Waals surface area contributed by atoms with Crippen LogP contribution in [-0.2, 0) is 17.8 Å². The third-order valence-electron chi connectivity index (χ3n) is 3.18. The van der Waals surface area contributed by atoms with Gasteiger partial charge >= 0.3 is 0 Å². The zero-order valence-corrected chi connectivity index (χ0v) is 12.8. The SMILES string of the molecule is Cl.N#Cc1ccc(CNC(=O)C(N)Cc2ccccc2)cc1. The van der Waals surface area contributed by atoms with Crippen molar-refractivity contribution in [3.63, 3.8) is 0 Å². The quantitative estimate of drug-likeness (QED) is 0.887. The van der Waals surface area contributed by atoms with E-state index >= 15 is 0 Å². The van der Waals surface area contributed by atoms with Gasteiger partial charge in [0.25, 0.3) is 0 Å². The van der Waals surface area contributed by atoms with Gasteiger partial charge in [0.2, 0.25) is 5.91 Å². The van der Waals surface area contributed by atoms with Crippen molar-refractivity contribution in [2.45, 2.75) is 19.0 Å². The molecule has 0 aromatic heterocycles. The number of halogens is 1. The van der Waals surface area contributed by atoms with Crippen LogP contribution in [0.5, 0.6) is 0 Å². The van der Waals surface area contributed by atoms with E-state index in [1.807, 2.05) is 42.5 Å². The highest BCUT2D eigenvalue weighted by Gasteiger charge is 2.13. The Hall–Kier alpha value is -2.35. The van der Waals surface area contributed by atoms with Gasteiger partial charge in [0.1, 0.15) is 0 Å². The first-order chi connectivity index (χ1) is 10.2. The van der Waals surface area contributed by atoms with Gasteiger partial charge in [-0.2, -0.15) is 5.26 Å². The molecule has 1 amide bonds. The number of nitrogens with one attached hydrogen (secondary N) is 1. The van der Waals surface area contributed by atoms with Crippen LogP contribution < -0.4 is 11.1 Å². The van der Waals surface area contributed by atoms with Gasteiger partial charge in [-0.1, -0.05) is 42.5 Å². The Balaban J connectivity index is 0.00000242. The molecule has 2 rings (SSSR count). The van der Waals surface area contributed by atoms with Gasteiger partial charge in [-0.05, 0) is 29.7 Å². The lowest BCUT2D eigenvalue weighted by Crippen LogP contribution is -2.41. The van der Waals surface area contributed by atoms with Crippen molar-refractivity contribution >= 4 is 18.3 Å². The van der Waals surface area contributed by atoms with Gasteiger partial charge in [-0.25, -0.2) is 0 Å². The van der Waals surface area contributed by atoms with Crippen LogP contribution in [0.25, 0.3) is 0 Å². The normalized spacial score (nSPS) is 10.9. The number of carbonyl (C=O) groups excluding carboxylic acids is 1. The summed E-state index contributed by atoms with van der Waals surface area (Å²) in [7, 11) is 0. The van der Waals surface area contributed by atoms with Crippen LogP contribution in [0.2, 0.25) is 0 Å². The fraction of sp³-hybridized carbons (Fsp3) is 0.176. The number of hydrogen-bond acceptors (Lipinski definition) is 3. The molecule has 0 aliphatic heterocycles. The summed E-state index contributed by atoms with van der Waals surface area (Å²) in [5, 5.41) is 11.5. The van der Waals surface area contributed by atoms with Crippen molar-refractivity contribution in [2.75, 3.05) is 0 Å². The van der Waals surface area contributed by atoms with Crippen molar-refractivity contribution in [1.82, 2.24) is 5.32 Å². The molecular formula is C17H18ClN3O. The average Bonchev–Trinajstić information content (AvgIpc) is 2.54. The van der Waals surface area contributed by atoms with Crippen molar-refractivity contribution in [1.29, 1.82) is 5.26 Å². The maximum atomic E-state index is 12.0. The first-order valence-electron chi connectivity index (χ1n) is 6.75. The Labute approximate surface area is 136 Å². The second kappa shape index (κ2) is 8.83. The van der Waals surface area contributed by atoms with Crippen LogP contribution in [0.4, 0.5) is 0 Å². The smallest absolute Gasteiger partial charge is 0.237 e. The highest BCUT2D eigenvalue weighted by molar-refractivity contribution is 5.85. The number of hydrogen-bond donors (Lipinski definition) is 2. The molecule has 2 aromatic carbocycles. The number of carbonyl (C=O) groups is 1. The third-order valence-corrected chi connectivity index (χ3v) is 3.18. The molecule has 0 aliphatic carbocycles. The Morgan fingerprint density at radius 3 is 2.32 bits per heavy atom. The minimum Gasteiger partial charge on any atom is -0.351 e. The number of benzene rings is 2. The number of nitrogens with zero attached hydrogens (tertiary/aromatic N) is 1. The predicted octanol–water partition coefficient (Wildman–Crippen LogP) is 2.17. The lowest BCUT2D eigenvalue weighted by molar-refractivity contribution is -0.122. The number of nitriles is 1. The summed E-state index contributed by atoms with van der Waals surface area (Å²) < 4.78 is 0. The first kappa shape index (κ1) is 17.7. The molecule has 0 radical (unpaired) electrons. The van der Waals surface area contributed by atoms with Gasteiger partial charge in [0.05, 0.1) is 17.7 Å². The fourth-order valence-electron chi connectivity index (χ4n) is 1.98. The minimum atomic E-state index is -0.564. The van der Waals surface area contributed by atoms with Gasteiger partial charge in [-0.15, -0.1) is 12.4 Å². The topological polar surface area (TPSA) is 78.9 Å². The molecule has 0 fully saturated rings. The summed E-state index contributed by atoms with van der Waals surface area (Å²) in [5.41, 5.74) is 8.49. The Kier molecular flexibility index (Phi) is 7.11. The summed E-state index contributed by atoms with van der Waals surface area (Å²) in [4.78, 5) is 12.0. The maximum Gasteiger partial charge on any atom is 0.237 e. The van der Waals surface area contributed by atoms with E-state index in [1.54, 1.807) is 12.1 Å². The highest BCUT2D eigenvalue weighted by Crippen LogP contribution is 2.04. The van der Waals surface area contributed by atoms with E-state index in [2.05, 4.69) is 11.4 Å². The van der Waals surface area contributed by atoms with Crippen LogP contribution in [0, 0.1) is 11.3 Å². The first-order valence-corrected chi connectivity index (χ1v) is 6.75. The second-order valence-electron chi connectivity index (χ2n) is 4.82. The molecule has 5 heteroatoms. The molecule has 0 aliphatic rings. The van der Waals surface area contributed by atoms with Gasteiger partial charge < -0.3 is 11.1 Å². The average molecular weight is 316 g/mol. The standard InChI is InChI=1S/C17H17N3O.ClH/c18-11-14-6-8-15(9-7-14)12-20-17(21)16(19)10-13-4-2-1-3-5-13;/h1-9,16H,10,12,19H2,(H,20,21);1H. The van der Waals surface area contributed by atoms with E-state index in [9.17, 15) is 4.79 Å². The fourth-order valence-corrected chi connectivity index (χ4v) is 1.98. The highest BCUT2D eigenvalue weighted by atomic mass is 35.5. The van der Waals surface area contributed by atoms with Crippen LogP contribution >= 0.6 is 12.4 Å². The molecule has 3 N–H and O–H groups in total. The van der Waals surface area contributed by atoms with Gasteiger partial charge in [-0.3, -0.25) is 4.79 Å². The summed E-state index contributed by atoms with van der Waals surface area (Å²) in [6.45, 7) is 0.410. The van der Waals surface area contributed by atoms with Crippen LogP contribution in [0.15, 0.2) is 54.6 Å². The summed E-state index contributed by atoms with van der Waals surface area (Å²) in [5.74, 6) is -0.178. The third kappa shape index (κ3) is 5.21. The number of amides is 1. The van der Waals surface area contributed by atoms with Crippen molar-refractivity contribution in [2.24, 2.45) is 5.73 Å². The number of rotatable bonds is 5. The van der Waals surface area contributed by atoms with E-state index in [-0.39, 0.29) is 18.3 Å². The molecule has 2 aromatic rings. The van der Waals surface area contributed by atoms with Crippen molar-refractivity contribution in [3.8, 4) is 6.07 Å². The number of nitrogens with two attached hydrogens (primary N) is 1. The van der Waals surface area contributed by atoms with Crippen LogP contribution in [-0.4, -0.2) is 11.9 Å². The largest absolute Gasteiger partial charge is 0.351 e. The van der Waals surface area contributed by atoms with Crippen LogP contribution in [0.1, 0.15) is 16.7 Å². The second-order valence-corrected chi connectivity index (χ2v) is 4.82. The van der Waals surface area contributed by atoms with E-state index < -0.39 is 6.04 Å². The molecule has 0 heterocycles. The van der Waals surface area contributed by atoms with Crippen molar-refractivity contribution < 1.29 is 4.79 Å². The molecular weight excluding hydrogens is 298 g/mol. The lowest BCUT2D eigenvalue weighted by atomic mass is 10.1. The lowest BCUT2D eigenvalue weighted by Gasteiger charge is -2.12. The van der Waals surface area contributed by atoms with E-state index in [0.29, 0.717) is 18.5 Å². The van der Waals surface area contributed by atoms with Crippen molar-refractivity contribution in [3.05, 3.63) is 71.3 Å². The summed E-state index contributed by atoms with van der Waals surface area (Å²) in [6, 6.07) is 18.3. The zero-order chi connectivity index (χ0) is 15.1. The molecule has 0 saturated carbocycles. The summed E-state index contributed by atoms with van der Waals surface area (Å²) >= 11 is 0. The van der Waals surface area contributed by atoms with Gasteiger partial charge in [0.15, 0.2) is 0 Å². The molecule has 0 bridgehead atoms. The molecule has 0 spiro atoms. The molecule has 22 heavy (non-hydrogen) atoms. The molecule has 114 valence electrons. The van der Waals surface area contributed by atoms with Crippen LogP contribution in [0.3, 0.4) is 0 Å². The monoisotopic (exact) mass is 315 g/mol. The van der Waals surface area contributed by atoms with E-state index in [0.717, 1.165) is 11.1 Å². The molecule has 1 unspecified atom stereocenters. The summed E-state index contributed by atoms with van der Waals surface area (Å²) in [6.07, 6.45) is 0.514. The zero-order valence-electron chi connectivity index (χ0n) is 12.0. The van der Waals surface area contributed by atoms with E-state index in [1.165, 1.54) is 0 Å². The molecule has 1 atom stereocenters.